The molecule has 0 atom stereocenters. The van der Waals surface area contributed by atoms with Gasteiger partial charge >= 0.3 is 5.97 Å². The molecule has 0 saturated carbocycles. The lowest BCUT2D eigenvalue weighted by atomic mass is 10.2. The molecular formula is C18H15NO8. The van der Waals surface area contributed by atoms with Gasteiger partial charge in [0.1, 0.15) is 12.4 Å². The fourth-order valence-electron chi connectivity index (χ4n) is 2.08. The molecule has 27 heavy (non-hydrogen) atoms. The summed E-state index contributed by atoms with van der Waals surface area (Å²) in [6.07, 6.45) is 2.70. The molecule has 2 aromatic rings. The zero-order valence-electron chi connectivity index (χ0n) is 14.2. The third-order valence-corrected chi connectivity index (χ3v) is 3.23. The molecule has 0 aliphatic heterocycles. The largest absolute Gasteiger partial charge is 0.493 e. The van der Waals surface area contributed by atoms with Gasteiger partial charge < -0.3 is 19.0 Å². The standard InChI is InChI=1S/C18H15NO8/c1-24-17-10-13(5-7-16(17)25-12-20)6-8-18(21)27-15-4-2-3-14(9-15)11-26-19(22)23/h2-10,12H,11H2,1H3/b8-6+. The normalized spacial score (nSPS) is 10.3. The van der Waals surface area contributed by atoms with Crippen LogP contribution in [0.3, 0.4) is 0 Å². The van der Waals surface area contributed by atoms with Gasteiger partial charge in [0, 0.05) is 6.08 Å². The molecule has 0 fully saturated rings. The maximum atomic E-state index is 11.9. The summed E-state index contributed by atoms with van der Waals surface area (Å²) in [6, 6.07) is 10.9. The van der Waals surface area contributed by atoms with Crippen LogP contribution in [0.1, 0.15) is 11.1 Å². The maximum Gasteiger partial charge on any atom is 0.336 e. The number of carbonyl (C=O) groups is 2. The van der Waals surface area contributed by atoms with Gasteiger partial charge in [-0.05, 0) is 41.5 Å². The third-order valence-electron chi connectivity index (χ3n) is 3.23. The van der Waals surface area contributed by atoms with Crippen molar-refractivity contribution in [1.29, 1.82) is 0 Å². The van der Waals surface area contributed by atoms with Crippen LogP contribution in [-0.4, -0.2) is 24.6 Å². The van der Waals surface area contributed by atoms with Crippen molar-refractivity contribution in [2.75, 3.05) is 7.11 Å². The van der Waals surface area contributed by atoms with Crippen molar-refractivity contribution < 1.29 is 33.7 Å². The Labute approximate surface area is 153 Å². The number of methoxy groups -OCH3 is 1. The SMILES string of the molecule is COc1cc(/C=C/C(=O)Oc2cccc(CO[N+](=O)[O-])c2)ccc1OC=O. The fourth-order valence-corrected chi connectivity index (χ4v) is 2.08. The van der Waals surface area contributed by atoms with Gasteiger partial charge in [0.05, 0.1) is 7.11 Å². The van der Waals surface area contributed by atoms with Gasteiger partial charge in [-0.15, -0.1) is 10.1 Å². The zero-order chi connectivity index (χ0) is 19.6. The maximum absolute atomic E-state index is 11.9. The number of esters is 1. The molecule has 140 valence electrons. The van der Waals surface area contributed by atoms with Crippen LogP contribution in [0.5, 0.6) is 17.2 Å². The summed E-state index contributed by atoms with van der Waals surface area (Å²) in [7, 11) is 1.42. The number of rotatable bonds is 9. The van der Waals surface area contributed by atoms with E-state index in [1.807, 2.05) is 0 Å². The Bertz CT molecular complexity index is 862. The molecule has 0 radical (unpaired) electrons. The number of carbonyl (C=O) groups excluding carboxylic acids is 2. The lowest BCUT2D eigenvalue weighted by molar-refractivity contribution is -0.763. The number of hydrogen-bond acceptors (Lipinski definition) is 8. The van der Waals surface area contributed by atoms with Crippen LogP contribution in [0.4, 0.5) is 0 Å². The molecule has 0 saturated heterocycles. The van der Waals surface area contributed by atoms with E-state index >= 15 is 0 Å². The van der Waals surface area contributed by atoms with E-state index in [0.29, 0.717) is 16.9 Å². The van der Waals surface area contributed by atoms with Crippen LogP contribution < -0.4 is 14.2 Å². The van der Waals surface area contributed by atoms with E-state index in [2.05, 4.69) is 4.84 Å². The Morgan fingerprint density at radius 1 is 1.19 bits per heavy atom. The summed E-state index contributed by atoms with van der Waals surface area (Å²) in [5.41, 5.74) is 1.10. The van der Waals surface area contributed by atoms with Crippen LogP contribution >= 0.6 is 0 Å². The van der Waals surface area contributed by atoms with Gasteiger partial charge in [-0.25, -0.2) is 4.79 Å². The first-order chi connectivity index (χ1) is 13.0. The third kappa shape index (κ3) is 6.16. The quantitative estimate of drug-likeness (QED) is 0.164. The highest BCUT2D eigenvalue weighted by Crippen LogP contribution is 2.28. The summed E-state index contributed by atoms with van der Waals surface area (Å²) in [5.74, 6) is 0.160. The Hall–Kier alpha value is -3.88. The van der Waals surface area contributed by atoms with E-state index in [1.54, 1.807) is 24.3 Å². The molecule has 2 rings (SSSR count). The smallest absolute Gasteiger partial charge is 0.336 e. The Morgan fingerprint density at radius 3 is 2.70 bits per heavy atom. The molecule has 0 heterocycles. The molecule has 0 N–H and O–H groups in total. The predicted molar refractivity (Wildman–Crippen MR) is 92.6 cm³/mol. The van der Waals surface area contributed by atoms with E-state index in [9.17, 15) is 19.7 Å². The first-order valence-corrected chi connectivity index (χ1v) is 7.56. The van der Waals surface area contributed by atoms with Gasteiger partial charge in [-0.3, -0.25) is 4.79 Å². The highest BCUT2D eigenvalue weighted by Gasteiger charge is 2.06. The van der Waals surface area contributed by atoms with E-state index in [4.69, 9.17) is 14.2 Å². The molecule has 0 bridgehead atoms. The van der Waals surface area contributed by atoms with Crippen LogP contribution in [-0.2, 0) is 21.0 Å². The highest BCUT2D eigenvalue weighted by molar-refractivity contribution is 5.88. The monoisotopic (exact) mass is 373 g/mol. The van der Waals surface area contributed by atoms with Gasteiger partial charge in [0.25, 0.3) is 11.6 Å². The van der Waals surface area contributed by atoms with E-state index < -0.39 is 11.1 Å². The molecule has 9 heteroatoms. The second-order valence-electron chi connectivity index (χ2n) is 5.02. The Morgan fingerprint density at radius 2 is 2.00 bits per heavy atom. The van der Waals surface area contributed by atoms with Crippen LogP contribution in [0.2, 0.25) is 0 Å². The molecule has 0 aromatic heterocycles. The number of ether oxygens (including phenoxy) is 3. The van der Waals surface area contributed by atoms with E-state index in [1.165, 1.54) is 37.5 Å². The molecular weight excluding hydrogens is 358 g/mol. The van der Waals surface area contributed by atoms with Crippen molar-refractivity contribution in [1.82, 2.24) is 0 Å². The Kier molecular flexibility index (Phi) is 6.89. The summed E-state index contributed by atoms with van der Waals surface area (Å²) in [6.45, 7) is 0.0405. The second-order valence-corrected chi connectivity index (χ2v) is 5.02. The summed E-state index contributed by atoms with van der Waals surface area (Å²) < 4.78 is 15.0. The topological polar surface area (TPSA) is 114 Å². The molecule has 0 amide bonds. The molecule has 0 aliphatic carbocycles. The lowest BCUT2D eigenvalue weighted by Gasteiger charge is -2.07. The number of hydrogen-bond donors (Lipinski definition) is 0. The summed E-state index contributed by atoms with van der Waals surface area (Å²) in [4.78, 5) is 36.8. The fraction of sp³-hybridized carbons (Fsp3) is 0.111. The minimum absolute atomic E-state index is 0.224. The van der Waals surface area contributed by atoms with Gasteiger partial charge in [-0.2, -0.15) is 0 Å². The molecule has 0 unspecified atom stereocenters. The predicted octanol–water partition coefficient (Wildman–Crippen LogP) is 2.56. The minimum Gasteiger partial charge on any atom is -0.493 e. The first kappa shape index (κ1) is 19.4. The van der Waals surface area contributed by atoms with Crippen molar-refractivity contribution >= 4 is 18.5 Å². The molecule has 9 nitrogen and oxygen atoms in total. The summed E-state index contributed by atoms with van der Waals surface area (Å²) in [5, 5.41) is 9.31. The van der Waals surface area contributed by atoms with Crippen molar-refractivity contribution in [3.8, 4) is 17.2 Å². The van der Waals surface area contributed by atoms with E-state index in [-0.39, 0.29) is 24.6 Å². The van der Waals surface area contributed by atoms with Crippen LogP contribution in [0, 0.1) is 10.1 Å². The van der Waals surface area contributed by atoms with Crippen molar-refractivity contribution in [2.45, 2.75) is 6.61 Å². The van der Waals surface area contributed by atoms with Crippen molar-refractivity contribution in [3.05, 3.63) is 69.8 Å². The average Bonchev–Trinajstić information content (AvgIpc) is 2.66. The molecule has 0 spiro atoms. The summed E-state index contributed by atoms with van der Waals surface area (Å²) >= 11 is 0. The molecule has 2 aromatic carbocycles. The first-order valence-electron chi connectivity index (χ1n) is 7.56. The second kappa shape index (κ2) is 9.56. The van der Waals surface area contributed by atoms with E-state index in [0.717, 1.165) is 0 Å². The highest BCUT2D eigenvalue weighted by atomic mass is 16.9. The average molecular weight is 373 g/mol. The van der Waals surface area contributed by atoms with Gasteiger partial charge in [0.2, 0.25) is 0 Å². The van der Waals surface area contributed by atoms with Crippen LogP contribution in [0.25, 0.3) is 6.08 Å². The van der Waals surface area contributed by atoms with Gasteiger partial charge in [-0.1, -0.05) is 18.2 Å². The number of nitrogens with zero attached hydrogens (tertiary/aromatic N) is 1. The molecule has 0 aliphatic rings. The zero-order valence-corrected chi connectivity index (χ0v) is 14.2. The van der Waals surface area contributed by atoms with Gasteiger partial charge in [0.15, 0.2) is 11.5 Å². The Balaban J connectivity index is 2.02. The van der Waals surface area contributed by atoms with Crippen molar-refractivity contribution in [2.24, 2.45) is 0 Å². The minimum atomic E-state index is -0.902. The lowest BCUT2D eigenvalue weighted by Crippen LogP contribution is -2.05. The number of benzene rings is 2. The van der Waals surface area contributed by atoms with Crippen molar-refractivity contribution in [3.63, 3.8) is 0 Å². The van der Waals surface area contributed by atoms with Crippen LogP contribution in [0.15, 0.2) is 48.5 Å².